The second-order valence-corrected chi connectivity index (χ2v) is 7.08. The molecule has 0 saturated heterocycles. The second-order valence-electron chi connectivity index (χ2n) is 6.24. The van der Waals surface area contributed by atoms with Crippen LogP contribution >= 0.6 is 11.3 Å². The van der Waals surface area contributed by atoms with E-state index in [2.05, 4.69) is 21.5 Å². The minimum Gasteiger partial charge on any atom is -0.352 e. The summed E-state index contributed by atoms with van der Waals surface area (Å²) in [4.78, 5) is 17.5. The Labute approximate surface area is 159 Å². The molecule has 136 valence electrons. The van der Waals surface area contributed by atoms with Crippen molar-refractivity contribution >= 4 is 22.2 Å². The summed E-state index contributed by atoms with van der Waals surface area (Å²) in [6.07, 6.45) is 0.629. The van der Waals surface area contributed by atoms with Crippen molar-refractivity contribution in [3.63, 3.8) is 0 Å². The van der Waals surface area contributed by atoms with Crippen LogP contribution in [-0.2, 0) is 6.42 Å². The monoisotopic (exact) mass is 380 g/mol. The zero-order chi connectivity index (χ0) is 18.8. The van der Waals surface area contributed by atoms with Crippen LogP contribution in [0.1, 0.15) is 21.6 Å². The van der Waals surface area contributed by atoms with E-state index >= 15 is 0 Å². The highest BCUT2D eigenvalue weighted by Crippen LogP contribution is 2.21. The largest absolute Gasteiger partial charge is 0.352 e. The number of thiazole rings is 1. The number of hydrogen-bond acceptors (Lipinski definition) is 4. The third kappa shape index (κ3) is 3.73. The van der Waals surface area contributed by atoms with Crippen molar-refractivity contribution in [2.75, 3.05) is 6.54 Å². The SMILES string of the molecule is Cc1cccc(-c2nc3scc(CCNC(=O)c4ccc(F)cc4)n3n2)c1. The fraction of sp³-hybridized carbons (Fsp3) is 0.150. The van der Waals surface area contributed by atoms with Gasteiger partial charge < -0.3 is 5.32 Å². The molecule has 2 aromatic carbocycles. The van der Waals surface area contributed by atoms with Crippen molar-refractivity contribution in [3.8, 4) is 11.4 Å². The normalized spacial score (nSPS) is 11.0. The molecule has 4 rings (SSSR count). The minimum absolute atomic E-state index is 0.222. The van der Waals surface area contributed by atoms with Gasteiger partial charge in [0.15, 0.2) is 5.82 Å². The van der Waals surface area contributed by atoms with Crippen LogP contribution in [-0.4, -0.2) is 27.0 Å². The Kier molecular flexibility index (Phi) is 4.68. The highest BCUT2D eigenvalue weighted by molar-refractivity contribution is 7.15. The quantitative estimate of drug-likeness (QED) is 0.572. The molecule has 0 aliphatic rings. The lowest BCUT2D eigenvalue weighted by molar-refractivity contribution is 0.0954. The summed E-state index contributed by atoms with van der Waals surface area (Å²) in [6.45, 7) is 2.50. The molecule has 1 N–H and O–H groups in total. The molecule has 2 heterocycles. The Morgan fingerprint density at radius 3 is 2.81 bits per heavy atom. The summed E-state index contributed by atoms with van der Waals surface area (Å²) < 4.78 is 14.8. The average molecular weight is 380 g/mol. The van der Waals surface area contributed by atoms with E-state index in [1.54, 1.807) is 0 Å². The molecule has 0 saturated carbocycles. The fourth-order valence-electron chi connectivity index (χ4n) is 2.81. The van der Waals surface area contributed by atoms with Crippen molar-refractivity contribution < 1.29 is 9.18 Å². The van der Waals surface area contributed by atoms with Gasteiger partial charge in [0.05, 0.1) is 5.69 Å². The standard InChI is InChI=1S/C20H17FN4OS/c1-13-3-2-4-15(11-13)18-23-20-25(24-18)17(12-27-20)9-10-22-19(26)14-5-7-16(21)8-6-14/h2-8,11-12H,9-10H2,1H3,(H,22,26). The van der Waals surface area contributed by atoms with Gasteiger partial charge in [-0.3, -0.25) is 4.79 Å². The summed E-state index contributed by atoms with van der Waals surface area (Å²) in [7, 11) is 0. The summed E-state index contributed by atoms with van der Waals surface area (Å²) in [5.41, 5.74) is 3.58. The number of halogens is 1. The molecule has 0 fully saturated rings. The predicted octanol–water partition coefficient (Wildman–Crippen LogP) is 3.88. The molecule has 0 atom stereocenters. The highest BCUT2D eigenvalue weighted by Gasteiger charge is 2.12. The molecular weight excluding hydrogens is 363 g/mol. The number of rotatable bonds is 5. The lowest BCUT2D eigenvalue weighted by Gasteiger charge is -2.04. The maximum atomic E-state index is 12.9. The van der Waals surface area contributed by atoms with Crippen LogP contribution in [0.25, 0.3) is 16.3 Å². The van der Waals surface area contributed by atoms with E-state index in [0.29, 0.717) is 24.4 Å². The number of hydrogen-bond donors (Lipinski definition) is 1. The van der Waals surface area contributed by atoms with Crippen molar-refractivity contribution in [1.29, 1.82) is 0 Å². The van der Waals surface area contributed by atoms with E-state index in [0.717, 1.165) is 21.8 Å². The Morgan fingerprint density at radius 1 is 1.22 bits per heavy atom. The number of aryl methyl sites for hydroxylation is 1. The van der Waals surface area contributed by atoms with E-state index in [1.165, 1.54) is 35.6 Å². The van der Waals surface area contributed by atoms with E-state index in [1.807, 2.05) is 35.0 Å². The number of nitrogens with one attached hydrogen (secondary N) is 1. The van der Waals surface area contributed by atoms with E-state index in [4.69, 9.17) is 0 Å². The van der Waals surface area contributed by atoms with Crippen LogP contribution in [0.3, 0.4) is 0 Å². The second kappa shape index (κ2) is 7.28. The molecule has 0 spiro atoms. The smallest absolute Gasteiger partial charge is 0.251 e. The third-order valence-electron chi connectivity index (χ3n) is 4.20. The number of nitrogens with zero attached hydrogens (tertiary/aromatic N) is 3. The molecule has 0 bridgehead atoms. The van der Waals surface area contributed by atoms with Crippen molar-refractivity contribution in [2.24, 2.45) is 0 Å². The van der Waals surface area contributed by atoms with Crippen LogP contribution < -0.4 is 5.32 Å². The fourth-order valence-corrected chi connectivity index (χ4v) is 3.67. The number of benzene rings is 2. The van der Waals surface area contributed by atoms with Gasteiger partial charge in [-0.2, -0.15) is 4.98 Å². The van der Waals surface area contributed by atoms with Gasteiger partial charge in [0.1, 0.15) is 5.82 Å². The zero-order valence-corrected chi connectivity index (χ0v) is 15.5. The number of carbonyl (C=O) groups excluding carboxylic acids is 1. The van der Waals surface area contributed by atoms with Gasteiger partial charge in [0.25, 0.3) is 5.91 Å². The van der Waals surface area contributed by atoms with E-state index in [-0.39, 0.29) is 11.7 Å². The number of amides is 1. The van der Waals surface area contributed by atoms with Crippen LogP contribution in [0, 0.1) is 12.7 Å². The molecule has 5 nitrogen and oxygen atoms in total. The van der Waals surface area contributed by atoms with Crippen LogP contribution in [0.4, 0.5) is 4.39 Å². The zero-order valence-electron chi connectivity index (χ0n) is 14.6. The van der Waals surface area contributed by atoms with E-state index in [9.17, 15) is 9.18 Å². The van der Waals surface area contributed by atoms with Gasteiger partial charge in [-0.05, 0) is 37.3 Å². The molecule has 27 heavy (non-hydrogen) atoms. The summed E-state index contributed by atoms with van der Waals surface area (Å²) in [5, 5.41) is 9.46. The first kappa shape index (κ1) is 17.4. The molecule has 2 aromatic heterocycles. The molecule has 1 amide bonds. The summed E-state index contributed by atoms with van der Waals surface area (Å²) in [6, 6.07) is 13.6. The Hall–Kier alpha value is -3.06. The number of fused-ring (bicyclic) bond motifs is 1. The predicted molar refractivity (Wildman–Crippen MR) is 103 cm³/mol. The van der Waals surface area contributed by atoms with Crippen molar-refractivity contribution in [2.45, 2.75) is 13.3 Å². The first-order valence-corrected chi connectivity index (χ1v) is 9.42. The Morgan fingerprint density at radius 2 is 2.04 bits per heavy atom. The lowest BCUT2D eigenvalue weighted by Crippen LogP contribution is -2.26. The van der Waals surface area contributed by atoms with Crippen LogP contribution in [0.15, 0.2) is 53.9 Å². The summed E-state index contributed by atoms with van der Waals surface area (Å²) >= 11 is 1.53. The molecule has 0 aliphatic carbocycles. The molecule has 7 heteroatoms. The van der Waals surface area contributed by atoms with Gasteiger partial charge >= 0.3 is 0 Å². The van der Waals surface area contributed by atoms with Gasteiger partial charge in [-0.1, -0.05) is 23.8 Å². The first-order valence-electron chi connectivity index (χ1n) is 8.54. The Bertz CT molecular complexity index is 1100. The number of aromatic nitrogens is 3. The maximum absolute atomic E-state index is 12.9. The maximum Gasteiger partial charge on any atom is 0.251 e. The Balaban J connectivity index is 1.45. The van der Waals surface area contributed by atoms with Gasteiger partial charge in [0.2, 0.25) is 4.96 Å². The molecule has 0 unspecified atom stereocenters. The van der Waals surface area contributed by atoms with Crippen molar-refractivity contribution in [3.05, 3.63) is 76.5 Å². The number of carbonyl (C=O) groups is 1. The van der Waals surface area contributed by atoms with Crippen LogP contribution in [0.2, 0.25) is 0 Å². The van der Waals surface area contributed by atoms with Gasteiger partial charge in [0, 0.05) is 29.5 Å². The van der Waals surface area contributed by atoms with E-state index < -0.39 is 0 Å². The highest BCUT2D eigenvalue weighted by atomic mass is 32.1. The van der Waals surface area contributed by atoms with Crippen molar-refractivity contribution in [1.82, 2.24) is 19.9 Å². The molecule has 0 radical (unpaired) electrons. The lowest BCUT2D eigenvalue weighted by atomic mass is 10.1. The molecular formula is C20H17FN4OS. The first-order chi connectivity index (χ1) is 13.1. The average Bonchev–Trinajstić information content (AvgIpc) is 3.24. The third-order valence-corrected chi connectivity index (χ3v) is 5.06. The molecule has 0 aliphatic heterocycles. The van der Waals surface area contributed by atoms with Crippen LogP contribution in [0.5, 0.6) is 0 Å². The van der Waals surface area contributed by atoms with Gasteiger partial charge in [-0.15, -0.1) is 16.4 Å². The molecule has 4 aromatic rings. The topological polar surface area (TPSA) is 59.3 Å². The summed E-state index contributed by atoms with van der Waals surface area (Å²) in [5.74, 6) is 0.116. The van der Waals surface area contributed by atoms with Gasteiger partial charge in [-0.25, -0.2) is 8.91 Å². The minimum atomic E-state index is -0.359.